The molecule has 0 fully saturated rings. The first-order valence-corrected chi connectivity index (χ1v) is 6.07. The summed E-state index contributed by atoms with van der Waals surface area (Å²) in [6.07, 6.45) is 0.756. The zero-order valence-electron chi connectivity index (χ0n) is 10.6. The van der Waals surface area contributed by atoms with Gasteiger partial charge in [-0.25, -0.2) is 4.79 Å². The summed E-state index contributed by atoms with van der Waals surface area (Å²) in [6, 6.07) is 13.8. The second-order valence-corrected chi connectivity index (χ2v) is 4.64. The number of carboxylic acids is 1. The molecule has 1 N–H and O–H groups in total. The van der Waals surface area contributed by atoms with Crippen molar-refractivity contribution in [3.63, 3.8) is 0 Å². The van der Waals surface area contributed by atoms with Crippen molar-refractivity contribution in [3.8, 4) is 0 Å². The molecule has 0 bridgehead atoms. The second-order valence-electron chi connectivity index (χ2n) is 4.64. The van der Waals surface area contributed by atoms with E-state index in [1.54, 1.807) is 6.07 Å². The van der Waals surface area contributed by atoms with Gasteiger partial charge in [0, 0.05) is 18.2 Å². The van der Waals surface area contributed by atoms with Crippen LogP contribution in [-0.2, 0) is 6.42 Å². The fourth-order valence-electron chi connectivity index (χ4n) is 2.22. The highest BCUT2D eigenvalue weighted by molar-refractivity contribution is 5.86. The van der Waals surface area contributed by atoms with Crippen molar-refractivity contribution in [1.29, 1.82) is 0 Å². The summed E-state index contributed by atoms with van der Waals surface area (Å²) in [5, 5.41) is 9.17. The third-order valence-electron chi connectivity index (χ3n) is 2.97. The summed E-state index contributed by atoms with van der Waals surface area (Å²) in [6.45, 7) is 4.00. The molecule has 1 aromatic heterocycles. The van der Waals surface area contributed by atoms with Crippen molar-refractivity contribution in [1.82, 2.24) is 4.57 Å². The first kappa shape index (κ1) is 12.4. The summed E-state index contributed by atoms with van der Waals surface area (Å²) < 4.78 is 1.88. The van der Waals surface area contributed by atoms with Crippen LogP contribution in [0, 0.1) is 0 Å². The van der Waals surface area contributed by atoms with Gasteiger partial charge >= 0.3 is 5.97 Å². The Morgan fingerprint density at radius 1 is 1.17 bits per heavy atom. The van der Waals surface area contributed by atoms with Gasteiger partial charge in [-0.15, -0.1) is 0 Å². The van der Waals surface area contributed by atoms with Crippen molar-refractivity contribution < 1.29 is 9.90 Å². The molecule has 1 aromatic carbocycles. The smallest absolute Gasteiger partial charge is 0.352 e. The van der Waals surface area contributed by atoms with Crippen LogP contribution in [-0.4, -0.2) is 15.6 Å². The predicted octanol–water partition coefficient (Wildman–Crippen LogP) is 3.36. The van der Waals surface area contributed by atoms with Crippen LogP contribution >= 0.6 is 0 Å². The van der Waals surface area contributed by atoms with Crippen LogP contribution in [0.25, 0.3) is 0 Å². The molecule has 0 saturated heterocycles. The molecule has 3 nitrogen and oxygen atoms in total. The Bertz CT molecular complexity index is 541. The van der Waals surface area contributed by atoms with E-state index < -0.39 is 5.97 Å². The van der Waals surface area contributed by atoms with E-state index in [0.29, 0.717) is 5.69 Å². The Morgan fingerprint density at radius 3 is 2.39 bits per heavy atom. The number of hydrogen-bond acceptors (Lipinski definition) is 1. The molecule has 0 saturated carbocycles. The predicted molar refractivity (Wildman–Crippen MR) is 71.0 cm³/mol. The zero-order chi connectivity index (χ0) is 13.1. The van der Waals surface area contributed by atoms with Gasteiger partial charge in [0.1, 0.15) is 5.69 Å². The highest BCUT2D eigenvalue weighted by Crippen LogP contribution is 2.19. The SMILES string of the molecule is CC(C)n1c(Cc2ccccc2)ccc1C(=O)O. The summed E-state index contributed by atoms with van der Waals surface area (Å²) in [4.78, 5) is 11.2. The molecule has 0 spiro atoms. The summed E-state index contributed by atoms with van der Waals surface area (Å²) in [5.41, 5.74) is 2.58. The topological polar surface area (TPSA) is 42.2 Å². The molecule has 0 aliphatic carbocycles. The van der Waals surface area contributed by atoms with Crippen LogP contribution < -0.4 is 0 Å². The molecular formula is C15H17NO2. The molecule has 2 aromatic rings. The standard InChI is InChI=1S/C15H17NO2/c1-11(2)16-13(8-9-14(16)15(17)18)10-12-6-4-3-5-7-12/h3-9,11H,10H2,1-2H3,(H,17,18). The number of hydrogen-bond donors (Lipinski definition) is 1. The van der Waals surface area contributed by atoms with E-state index in [0.717, 1.165) is 12.1 Å². The van der Waals surface area contributed by atoms with E-state index in [9.17, 15) is 9.90 Å². The van der Waals surface area contributed by atoms with Crippen molar-refractivity contribution in [3.05, 3.63) is 59.4 Å². The number of carboxylic acid groups (broad SMARTS) is 1. The van der Waals surface area contributed by atoms with Crippen molar-refractivity contribution in [2.24, 2.45) is 0 Å². The van der Waals surface area contributed by atoms with Crippen LogP contribution in [0.15, 0.2) is 42.5 Å². The maximum Gasteiger partial charge on any atom is 0.352 e. The lowest BCUT2D eigenvalue weighted by molar-refractivity contribution is 0.0683. The largest absolute Gasteiger partial charge is 0.477 e. The molecule has 94 valence electrons. The molecule has 0 radical (unpaired) electrons. The third kappa shape index (κ3) is 2.45. The minimum absolute atomic E-state index is 0.143. The molecule has 1 heterocycles. The Balaban J connectivity index is 2.37. The summed E-state index contributed by atoms with van der Waals surface area (Å²) >= 11 is 0. The number of aromatic nitrogens is 1. The fourth-order valence-corrected chi connectivity index (χ4v) is 2.22. The normalized spacial score (nSPS) is 10.8. The van der Waals surface area contributed by atoms with Gasteiger partial charge in [-0.3, -0.25) is 0 Å². The molecule has 0 amide bonds. The molecule has 0 atom stereocenters. The molecular weight excluding hydrogens is 226 g/mol. The van der Waals surface area contributed by atoms with Crippen molar-refractivity contribution >= 4 is 5.97 Å². The Kier molecular flexibility index (Phi) is 3.51. The van der Waals surface area contributed by atoms with Gasteiger partial charge in [-0.1, -0.05) is 30.3 Å². The van der Waals surface area contributed by atoms with E-state index in [2.05, 4.69) is 12.1 Å². The number of carbonyl (C=O) groups is 1. The van der Waals surface area contributed by atoms with Crippen LogP contribution in [0.3, 0.4) is 0 Å². The maximum atomic E-state index is 11.2. The van der Waals surface area contributed by atoms with Gasteiger partial charge in [0.25, 0.3) is 0 Å². The van der Waals surface area contributed by atoms with Crippen molar-refractivity contribution in [2.75, 3.05) is 0 Å². The van der Waals surface area contributed by atoms with E-state index in [1.165, 1.54) is 5.56 Å². The molecule has 0 unspecified atom stereocenters. The first-order valence-electron chi connectivity index (χ1n) is 6.07. The molecule has 0 aliphatic heterocycles. The summed E-state index contributed by atoms with van der Waals surface area (Å²) in [7, 11) is 0. The molecule has 2 rings (SSSR count). The third-order valence-corrected chi connectivity index (χ3v) is 2.97. The fraction of sp³-hybridized carbons (Fsp3) is 0.267. The Morgan fingerprint density at radius 2 is 1.83 bits per heavy atom. The van der Waals surface area contributed by atoms with Crippen LogP contribution in [0.4, 0.5) is 0 Å². The molecule has 18 heavy (non-hydrogen) atoms. The number of benzene rings is 1. The van der Waals surface area contributed by atoms with Crippen molar-refractivity contribution in [2.45, 2.75) is 26.3 Å². The van der Waals surface area contributed by atoms with Gasteiger partial charge in [0.15, 0.2) is 0 Å². The lowest BCUT2D eigenvalue weighted by atomic mass is 10.1. The van der Waals surface area contributed by atoms with Crippen LogP contribution in [0.1, 0.15) is 41.6 Å². The van der Waals surface area contributed by atoms with Crippen LogP contribution in [0.5, 0.6) is 0 Å². The van der Waals surface area contributed by atoms with E-state index in [4.69, 9.17) is 0 Å². The van der Waals surface area contributed by atoms with Gasteiger partial charge in [-0.2, -0.15) is 0 Å². The Labute approximate surface area is 107 Å². The van der Waals surface area contributed by atoms with Gasteiger partial charge < -0.3 is 9.67 Å². The molecule has 3 heteroatoms. The highest BCUT2D eigenvalue weighted by atomic mass is 16.4. The summed E-state index contributed by atoms with van der Waals surface area (Å²) in [5.74, 6) is -0.872. The number of aromatic carboxylic acids is 1. The van der Waals surface area contributed by atoms with Gasteiger partial charge in [0.2, 0.25) is 0 Å². The maximum absolute atomic E-state index is 11.2. The number of nitrogens with zero attached hydrogens (tertiary/aromatic N) is 1. The molecule has 0 aliphatic rings. The van der Waals surface area contributed by atoms with Crippen LogP contribution in [0.2, 0.25) is 0 Å². The second kappa shape index (κ2) is 5.08. The van der Waals surface area contributed by atoms with Gasteiger partial charge in [-0.05, 0) is 31.5 Å². The Hall–Kier alpha value is -2.03. The lowest BCUT2D eigenvalue weighted by Crippen LogP contribution is -2.13. The minimum Gasteiger partial charge on any atom is -0.477 e. The highest BCUT2D eigenvalue weighted by Gasteiger charge is 2.16. The quantitative estimate of drug-likeness (QED) is 0.894. The average Bonchev–Trinajstić information content (AvgIpc) is 2.74. The lowest BCUT2D eigenvalue weighted by Gasteiger charge is -2.15. The number of rotatable bonds is 4. The van der Waals surface area contributed by atoms with Gasteiger partial charge in [0.05, 0.1) is 0 Å². The van der Waals surface area contributed by atoms with E-state index in [1.807, 2.05) is 42.7 Å². The minimum atomic E-state index is -0.872. The zero-order valence-corrected chi connectivity index (χ0v) is 10.6. The first-order chi connectivity index (χ1) is 8.59. The monoisotopic (exact) mass is 243 g/mol. The average molecular weight is 243 g/mol. The van der Waals surface area contributed by atoms with E-state index in [-0.39, 0.29) is 6.04 Å². The van der Waals surface area contributed by atoms with E-state index >= 15 is 0 Å².